The number of hydrogen-bond acceptors (Lipinski definition) is 2. The van der Waals surface area contributed by atoms with E-state index in [1.54, 1.807) is 12.1 Å². The molecule has 0 spiro atoms. The average molecular weight is 395 g/mol. The number of anilines is 1. The van der Waals surface area contributed by atoms with Gasteiger partial charge in [-0.05, 0) is 24.3 Å². The number of carbonyl (C=O) groups is 2. The van der Waals surface area contributed by atoms with Gasteiger partial charge in [-0.15, -0.1) is 0 Å². The highest BCUT2D eigenvalue weighted by atomic mass is 19.1. The summed E-state index contributed by atoms with van der Waals surface area (Å²) in [6, 6.07) is 13.8. The van der Waals surface area contributed by atoms with Crippen molar-refractivity contribution in [1.29, 1.82) is 0 Å². The molecule has 0 bridgehead atoms. The highest BCUT2D eigenvalue weighted by molar-refractivity contribution is 6.07. The fraction of sp³-hybridized carbons (Fsp3) is 0.273. The van der Waals surface area contributed by atoms with E-state index in [-0.39, 0.29) is 17.6 Å². The van der Waals surface area contributed by atoms with Crippen LogP contribution in [-0.2, 0) is 11.8 Å². The van der Waals surface area contributed by atoms with Crippen LogP contribution in [0.15, 0.2) is 54.7 Å². The van der Waals surface area contributed by atoms with E-state index >= 15 is 0 Å². The molecule has 150 valence electrons. The molecule has 0 saturated carbocycles. The number of halogens is 1. The zero-order chi connectivity index (χ0) is 20.4. The fourth-order valence-corrected chi connectivity index (χ4v) is 3.88. The van der Waals surface area contributed by atoms with Crippen molar-refractivity contribution in [2.24, 2.45) is 7.05 Å². The minimum atomic E-state index is -0.379. The van der Waals surface area contributed by atoms with E-state index in [1.165, 1.54) is 12.1 Å². The van der Waals surface area contributed by atoms with Crippen LogP contribution >= 0.6 is 0 Å². The molecule has 0 atom stereocenters. The molecule has 1 aliphatic rings. The van der Waals surface area contributed by atoms with Gasteiger partial charge >= 0.3 is 0 Å². The first-order valence-corrected chi connectivity index (χ1v) is 9.73. The molecule has 6 nitrogen and oxygen atoms in total. The molecule has 0 radical (unpaired) electrons. The number of fused-ring (bicyclic) bond motifs is 1. The van der Waals surface area contributed by atoms with E-state index in [1.807, 2.05) is 47.0 Å². The Morgan fingerprint density at radius 3 is 2.62 bits per heavy atom. The summed E-state index contributed by atoms with van der Waals surface area (Å²) >= 11 is 0. The summed E-state index contributed by atoms with van der Waals surface area (Å²) in [5, 5.41) is 3.69. The van der Waals surface area contributed by atoms with Crippen LogP contribution in [-0.4, -0.2) is 54.0 Å². The highest BCUT2D eigenvalue weighted by Gasteiger charge is 2.27. The Morgan fingerprint density at radius 2 is 1.86 bits per heavy atom. The van der Waals surface area contributed by atoms with Crippen molar-refractivity contribution < 1.29 is 18.9 Å². The second kappa shape index (κ2) is 8.05. The molecule has 0 unspecified atom stereocenters. The van der Waals surface area contributed by atoms with E-state index < -0.39 is 0 Å². The summed E-state index contributed by atoms with van der Waals surface area (Å²) in [5.41, 5.74) is 2.21. The number of aryl methyl sites for hydroxylation is 1. The highest BCUT2D eigenvalue weighted by Crippen LogP contribution is 2.21. The second-order valence-corrected chi connectivity index (χ2v) is 7.45. The molecule has 3 aromatic rings. The zero-order valence-electron chi connectivity index (χ0n) is 16.3. The van der Waals surface area contributed by atoms with Crippen LogP contribution in [0.25, 0.3) is 10.9 Å². The molecule has 7 heteroatoms. The standard InChI is InChI=1S/C22H23FN4O2/c1-25-14-19(18-7-2-3-8-20(18)25)22(29)27-11-9-26(10-12-27)15-21(28)24-17-6-4-5-16(23)13-17/h2-8,13-14H,9-12,15H2,1H3,(H,24,28)/p+1. The Bertz CT molecular complexity index is 1050. The zero-order valence-corrected chi connectivity index (χ0v) is 16.3. The molecule has 2 heterocycles. The third-order valence-electron chi connectivity index (χ3n) is 5.40. The smallest absolute Gasteiger partial charge is 0.279 e. The number of rotatable bonds is 4. The molecule has 1 aliphatic heterocycles. The average Bonchev–Trinajstić information content (AvgIpc) is 3.05. The van der Waals surface area contributed by atoms with E-state index in [0.29, 0.717) is 38.4 Å². The Balaban J connectivity index is 1.34. The number of quaternary nitrogens is 1. The van der Waals surface area contributed by atoms with Crippen LogP contribution in [0.2, 0.25) is 0 Å². The first-order chi connectivity index (χ1) is 14.0. The Kier molecular flexibility index (Phi) is 5.31. The quantitative estimate of drug-likeness (QED) is 0.700. The number of benzene rings is 2. The Morgan fingerprint density at radius 1 is 1.10 bits per heavy atom. The maximum atomic E-state index is 13.2. The van der Waals surface area contributed by atoms with Crippen molar-refractivity contribution >= 4 is 28.4 Å². The maximum absolute atomic E-state index is 13.2. The van der Waals surface area contributed by atoms with Crippen LogP contribution in [0.1, 0.15) is 10.4 Å². The van der Waals surface area contributed by atoms with Crippen LogP contribution in [0.3, 0.4) is 0 Å². The van der Waals surface area contributed by atoms with Crippen molar-refractivity contribution in [3.8, 4) is 0 Å². The number of nitrogens with zero attached hydrogens (tertiary/aromatic N) is 2. The van der Waals surface area contributed by atoms with Gasteiger partial charge in [-0.2, -0.15) is 0 Å². The number of piperazine rings is 1. The Hall–Kier alpha value is -3.19. The van der Waals surface area contributed by atoms with Gasteiger partial charge in [-0.25, -0.2) is 4.39 Å². The minimum Gasteiger partial charge on any atom is -0.350 e. The molecule has 2 aromatic carbocycles. The topological polar surface area (TPSA) is 58.8 Å². The molecule has 2 N–H and O–H groups in total. The van der Waals surface area contributed by atoms with Gasteiger partial charge in [0.05, 0.1) is 31.7 Å². The molecule has 1 fully saturated rings. The van der Waals surface area contributed by atoms with E-state index in [0.717, 1.165) is 21.4 Å². The third-order valence-corrected chi connectivity index (χ3v) is 5.40. The first kappa shape index (κ1) is 19.1. The Labute approximate surface area is 168 Å². The number of para-hydroxylation sites is 1. The summed E-state index contributed by atoms with van der Waals surface area (Å²) in [6.07, 6.45) is 1.89. The first-order valence-electron chi connectivity index (χ1n) is 9.73. The van der Waals surface area contributed by atoms with Gasteiger partial charge in [0.25, 0.3) is 11.8 Å². The summed E-state index contributed by atoms with van der Waals surface area (Å²) in [7, 11) is 1.94. The van der Waals surface area contributed by atoms with Crippen LogP contribution in [0.5, 0.6) is 0 Å². The van der Waals surface area contributed by atoms with Gasteiger partial charge in [0, 0.05) is 29.8 Å². The molecule has 1 aromatic heterocycles. The largest absolute Gasteiger partial charge is 0.350 e. The molecule has 0 aliphatic carbocycles. The number of aromatic nitrogens is 1. The maximum Gasteiger partial charge on any atom is 0.279 e. The second-order valence-electron chi connectivity index (χ2n) is 7.45. The van der Waals surface area contributed by atoms with Crippen molar-refractivity contribution in [3.05, 3.63) is 66.1 Å². The minimum absolute atomic E-state index is 0.0325. The molecular weight excluding hydrogens is 371 g/mol. The summed E-state index contributed by atoms with van der Waals surface area (Å²) < 4.78 is 15.2. The molecule has 2 amide bonds. The van der Waals surface area contributed by atoms with Gasteiger partial charge in [0.1, 0.15) is 5.82 Å². The van der Waals surface area contributed by atoms with Crippen LogP contribution in [0.4, 0.5) is 10.1 Å². The van der Waals surface area contributed by atoms with Crippen LogP contribution < -0.4 is 10.2 Å². The monoisotopic (exact) mass is 395 g/mol. The third kappa shape index (κ3) is 4.14. The fourth-order valence-electron chi connectivity index (χ4n) is 3.88. The van der Waals surface area contributed by atoms with Gasteiger partial charge in [0.2, 0.25) is 0 Å². The molecule has 4 rings (SSSR count). The molecule has 29 heavy (non-hydrogen) atoms. The summed E-state index contributed by atoms with van der Waals surface area (Å²) in [4.78, 5) is 28.2. The van der Waals surface area contributed by atoms with Crippen LogP contribution in [0, 0.1) is 5.82 Å². The normalized spacial score (nSPS) is 14.9. The number of carbonyl (C=O) groups excluding carboxylic acids is 2. The van der Waals surface area contributed by atoms with Crippen molar-refractivity contribution in [2.45, 2.75) is 0 Å². The predicted molar refractivity (Wildman–Crippen MR) is 109 cm³/mol. The SMILES string of the molecule is Cn1cc(C(=O)N2CC[NH+](CC(=O)Nc3cccc(F)c3)CC2)c2ccccc21. The lowest BCUT2D eigenvalue weighted by molar-refractivity contribution is -0.895. The van der Waals surface area contributed by atoms with Crippen molar-refractivity contribution in [2.75, 3.05) is 38.0 Å². The van der Waals surface area contributed by atoms with Gasteiger partial charge in [0.15, 0.2) is 6.54 Å². The molecular formula is C22H24FN4O2+. The van der Waals surface area contributed by atoms with Gasteiger partial charge < -0.3 is 19.7 Å². The van der Waals surface area contributed by atoms with Gasteiger partial charge in [-0.1, -0.05) is 24.3 Å². The predicted octanol–water partition coefficient (Wildman–Crippen LogP) is 1.30. The van der Waals surface area contributed by atoms with E-state index in [4.69, 9.17) is 0 Å². The van der Waals surface area contributed by atoms with Gasteiger partial charge in [-0.3, -0.25) is 9.59 Å². The lowest BCUT2D eigenvalue weighted by Gasteiger charge is -2.31. The van der Waals surface area contributed by atoms with E-state index in [9.17, 15) is 14.0 Å². The lowest BCUT2D eigenvalue weighted by Crippen LogP contribution is -3.15. The summed E-state index contributed by atoms with van der Waals surface area (Å²) in [6.45, 7) is 2.90. The van der Waals surface area contributed by atoms with Crippen molar-refractivity contribution in [1.82, 2.24) is 9.47 Å². The van der Waals surface area contributed by atoms with Crippen molar-refractivity contribution in [3.63, 3.8) is 0 Å². The lowest BCUT2D eigenvalue weighted by atomic mass is 10.1. The summed E-state index contributed by atoms with van der Waals surface area (Å²) in [5.74, 6) is -0.500. The number of nitrogens with one attached hydrogen (secondary N) is 2. The number of amides is 2. The number of hydrogen-bond donors (Lipinski definition) is 2. The molecule has 1 saturated heterocycles. The van der Waals surface area contributed by atoms with E-state index in [2.05, 4.69) is 5.32 Å².